The summed E-state index contributed by atoms with van der Waals surface area (Å²) in [5.41, 5.74) is 0. The molecule has 0 saturated heterocycles. The molecule has 1 aliphatic heterocycles. The Balaban J connectivity index is 2.68. The van der Waals surface area contributed by atoms with Crippen molar-refractivity contribution in [1.82, 2.24) is 0 Å². The number of nitrogens with zero attached hydrogens (tertiary/aromatic N) is 1. The van der Waals surface area contributed by atoms with E-state index < -0.39 is 6.16 Å². The van der Waals surface area contributed by atoms with Crippen LogP contribution in [0.25, 0.3) is 0 Å². The zero-order chi connectivity index (χ0) is 8.27. The van der Waals surface area contributed by atoms with Gasteiger partial charge in [0.2, 0.25) is 5.78 Å². The Labute approximate surface area is 62.0 Å². The van der Waals surface area contributed by atoms with E-state index in [0.29, 0.717) is 0 Å². The molecule has 0 aromatic heterocycles. The second kappa shape index (κ2) is 2.96. The number of hydrogen-bond donors (Lipinski definition) is 1. The number of ketones is 1. The average Bonchev–Trinajstić information content (AvgIpc) is 1.93. The topological polar surface area (TPSA) is 76.0 Å². The van der Waals surface area contributed by atoms with Crippen molar-refractivity contribution in [1.29, 1.82) is 0 Å². The lowest BCUT2D eigenvalue weighted by Crippen LogP contribution is -2.12. The van der Waals surface area contributed by atoms with Gasteiger partial charge in [-0.25, -0.2) is 4.79 Å². The quantitative estimate of drug-likeness (QED) is 0.561. The molecule has 0 aromatic rings. The number of aliphatic imine (C=N–C) groups is 1. The fourth-order valence-corrected chi connectivity index (χ4v) is 0.606. The van der Waals surface area contributed by atoms with Gasteiger partial charge in [0.05, 0.1) is 6.20 Å². The Hall–Kier alpha value is -1.65. The Kier molecular flexibility index (Phi) is 2.00. The summed E-state index contributed by atoms with van der Waals surface area (Å²) in [7, 11) is 0. The highest BCUT2D eigenvalue weighted by molar-refractivity contribution is 6.04. The molecule has 58 valence electrons. The molecule has 0 spiro atoms. The molecule has 1 heterocycles. The van der Waals surface area contributed by atoms with Crippen LogP contribution in [0.2, 0.25) is 0 Å². The van der Waals surface area contributed by atoms with E-state index in [9.17, 15) is 9.59 Å². The second-order valence-corrected chi connectivity index (χ2v) is 1.82. The lowest BCUT2D eigenvalue weighted by molar-refractivity contribution is -0.117. The highest BCUT2D eigenvalue weighted by Crippen LogP contribution is 2.06. The third-order valence-corrected chi connectivity index (χ3v) is 1.05. The second-order valence-electron chi connectivity index (χ2n) is 1.82. The van der Waals surface area contributed by atoms with Crippen LogP contribution < -0.4 is 0 Å². The first-order valence-corrected chi connectivity index (χ1v) is 2.86. The van der Waals surface area contributed by atoms with Crippen molar-refractivity contribution in [3.05, 3.63) is 12.0 Å². The van der Waals surface area contributed by atoms with E-state index in [1.807, 2.05) is 0 Å². The third-order valence-electron chi connectivity index (χ3n) is 1.05. The molecule has 0 unspecified atom stereocenters. The van der Waals surface area contributed by atoms with E-state index in [2.05, 4.69) is 9.73 Å². The molecule has 0 fully saturated rings. The van der Waals surface area contributed by atoms with Gasteiger partial charge in [-0.15, -0.1) is 0 Å². The minimum absolute atomic E-state index is 0.0963. The summed E-state index contributed by atoms with van der Waals surface area (Å²) in [5, 5.41) is 8.12. The highest BCUT2D eigenvalue weighted by atomic mass is 16.7. The van der Waals surface area contributed by atoms with Crippen LogP contribution in [0.3, 0.4) is 0 Å². The highest BCUT2D eigenvalue weighted by Gasteiger charge is 2.15. The van der Waals surface area contributed by atoms with Crippen molar-refractivity contribution < 1.29 is 19.4 Å². The van der Waals surface area contributed by atoms with E-state index in [1.165, 1.54) is 6.21 Å². The monoisotopic (exact) mass is 155 g/mol. The van der Waals surface area contributed by atoms with Gasteiger partial charge in [0.1, 0.15) is 0 Å². The van der Waals surface area contributed by atoms with Crippen molar-refractivity contribution in [2.45, 2.75) is 6.42 Å². The minimum Gasteiger partial charge on any atom is -0.449 e. The van der Waals surface area contributed by atoms with Gasteiger partial charge in [-0.3, -0.25) is 9.79 Å². The van der Waals surface area contributed by atoms with Gasteiger partial charge < -0.3 is 9.84 Å². The number of carboxylic acid groups (broad SMARTS) is 1. The van der Waals surface area contributed by atoms with Crippen molar-refractivity contribution in [3.63, 3.8) is 0 Å². The van der Waals surface area contributed by atoms with Gasteiger partial charge >= 0.3 is 6.16 Å². The summed E-state index contributed by atoms with van der Waals surface area (Å²) >= 11 is 0. The van der Waals surface area contributed by atoms with E-state index >= 15 is 0 Å². The Morgan fingerprint density at radius 1 is 1.73 bits per heavy atom. The average molecular weight is 155 g/mol. The molecule has 0 aromatic carbocycles. The lowest BCUT2D eigenvalue weighted by atomic mass is 10.2. The van der Waals surface area contributed by atoms with Crippen molar-refractivity contribution in [2.24, 2.45) is 4.99 Å². The standard InChI is InChI=1S/C6H5NO4/c8-4-1-2-7-3-5(4)11-6(9)10/h2-3H,1H2,(H,9,10). The number of hydrogen-bond acceptors (Lipinski definition) is 4. The number of carbonyl (C=O) groups is 2. The summed E-state index contributed by atoms with van der Waals surface area (Å²) in [4.78, 5) is 24.3. The third kappa shape index (κ3) is 1.89. The van der Waals surface area contributed by atoms with Crippen LogP contribution in [0.4, 0.5) is 4.79 Å². The zero-order valence-corrected chi connectivity index (χ0v) is 5.48. The predicted octanol–water partition coefficient (Wildman–Crippen LogP) is 0.566. The first-order valence-electron chi connectivity index (χ1n) is 2.86. The molecule has 0 atom stereocenters. The summed E-state index contributed by atoms with van der Waals surface area (Å²) in [6.07, 6.45) is 1.07. The largest absolute Gasteiger partial charge is 0.511 e. The zero-order valence-electron chi connectivity index (χ0n) is 5.48. The Morgan fingerprint density at radius 2 is 2.45 bits per heavy atom. The summed E-state index contributed by atoms with van der Waals surface area (Å²) in [6.45, 7) is 0. The minimum atomic E-state index is -1.50. The molecule has 0 saturated carbocycles. The van der Waals surface area contributed by atoms with Crippen molar-refractivity contribution >= 4 is 18.2 Å². The van der Waals surface area contributed by atoms with Crippen molar-refractivity contribution in [3.8, 4) is 0 Å². The molecule has 5 nitrogen and oxygen atoms in total. The van der Waals surface area contributed by atoms with E-state index in [0.717, 1.165) is 6.20 Å². The van der Waals surface area contributed by atoms with Gasteiger partial charge in [0, 0.05) is 12.6 Å². The molecule has 0 bridgehead atoms. The van der Waals surface area contributed by atoms with Crippen LogP contribution in [0.5, 0.6) is 0 Å². The predicted molar refractivity (Wildman–Crippen MR) is 35.3 cm³/mol. The van der Waals surface area contributed by atoms with Crippen LogP contribution in [-0.4, -0.2) is 23.3 Å². The van der Waals surface area contributed by atoms with E-state index in [4.69, 9.17) is 5.11 Å². The summed E-state index contributed by atoms with van der Waals surface area (Å²) < 4.78 is 4.12. The summed E-state index contributed by atoms with van der Waals surface area (Å²) in [6, 6.07) is 0. The lowest BCUT2D eigenvalue weighted by Gasteiger charge is -2.03. The van der Waals surface area contributed by atoms with Crippen LogP contribution in [0, 0.1) is 0 Å². The number of carbonyl (C=O) groups excluding carboxylic acids is 1. The maximum absolute atomic E-state index is 10.8. The first kappa shape index (κ1) is 7.46. The normalized spacial score (nSPS) is 16.0. The number of Topliss-reactive ketones (excluding diaryl/α,β-unsaturated/α-hetero) is 1. The molecule has 1 aliphatic rings. The van der Waals surface area contributed by atoms with E-state index in [1.54, 1.807) is 0 Å². The molecular formula is C6H5NO4. The van der Waals surface area contributed by atoms with Gasteiger partial charge in [0.25, 0.3) is 0 Å². The molecule has 11 heavy (non-hydrogen) atoms. The van der Waals surface area contributed by atoms with Gasteiger partial charge in [0.15, 0.2) is 5.76 Å². The number of rotatable bonds is 1. The first-order chi connectivity index (χ1) is 5.20. The number of ether oxygens (including phenoxy) is 1. The molecule has 5 heteroatoms. The summed E-state index contributed by atoms with van der Waals surface area (Å²) in [5.74, 6) is -0.595. The SMILES string of the molecule is O=C(O)OC1=CN=CCC1=O. The maximum Gasteiger partial charge on any atom is 0.511 e. The molecule has 1 rings (SSSR count). The molecule has 0 aliphatic carbocycles. The van der Waals surface area contributed by atoms with Crippen LogP contribution in [0.15, 0.2) is 17.0 Å². The van der Waals surface area contributed by atoms with Crippen LogP contribution in [0.1, 0.15) is 6.42 Å². The van der Waals surface area contributed by atoms with Crippen LogP contribution >= 0.6 is 0 Å². The fourth-order valence-electron chi connectivity index (χ4n) is 0.606. The molecule has 1 N–H and O–H groups in total. The maximum atomic E-state index is 10.8. The Morgan fingerprint density at radius 3 is 3.00 bits per heavy atom. The molecule has 0 radical (unpaired) electrons. The fraction of sp³-hybridized carbons (Fsp3) is 0.167. The van der Waals surface area contributed by atoms with Gasteiger partial charge in [-0.05, 0) is 0 Å². The number of allylic oxidation sites excluding steroid dienone is 1. The molecular weight excluding hydrogens is 150 g/mol. The van der Waals surface area contributed by atoms with Crippen molar-refractivity contribution in [2.75, 3.05) is 0 Å². The van der Waals surface area contributed by atoms with Crippen LogP contribution in [-0.2, 0) is 9.53 Å². The Bertz CT molecular complexity index is 253. The van der Waals surface area contributed by atoms with Gasteiger partial charge in [-0.1, -0.05) is 0 Å². The molecule has 0 amide bonds. The smallest absolute Gasteiger partial charge is 0.449 e. The van der Waals surface area contributed by atoms with Gasteiger partial charge in [-0.2, -0.15) is 0 Å². The van der Waals surface area contributed by atoms with E-state index in [-0.39, 0.29) is 18.0 Å².